The fourth-order valence-electron chi connectivity index (χ4n) is 1.22. The van der Waals surface area contributed by atoms with Crippen LogP contribution in [0.15, 0.2) is 18.2 Å². The first-order valence-electron chi connectivity index (χ1n) is 5.67. The van der Waals surface area contributed by atoms with Crippen molar-refractivity contribution in [3.8, 4) is 17.6 Å². The Morgan fingerprint density at radius 3 is 2.89 bits per heavy atom. The summed E-state index contributed by atoms with van der Waals surface area (Å²) in [6.45, 7) is 1.59. The van der Waals surface area contributed by atoms with Gasteiger partial charge >= 0.3 is 0 Å². The highest BCUT2D eigenvalue weighted by Gasteiger charge is 2.01. The molecule has 102 valence electrons. The molecule has 0 aliphatic heterocycles. The van der Waals surface area contributed by atoms with Gasteiger partial charge < -0.3 is 9.47 Å². The fraction of sp³-hybridized carbons (Fsp3) is 0.357. The lowest BCUT2D eigenvalue weighted by Crippen LogP contribution is -1.99. The van der Waals surface area contributed by atoms with Gasteiger partial charge in [-0.15, -0.1) is 0 Å². The number of hydrogen-bond acceptors (Lipinski definition) is 4. The maximum absolute atomic E-state index is 13.6. The summed E-state index contributed by atoms with van der Waals surface area (Å²) in [4.78, 5) is 10.7. The molecule has 1 aromatic carbocycles. The molecule has 0 spiro atoms. The zero-order chi connectivity index (χ0) is 14.1. The molecule has 0 unspecified atom stereocenters. The van der Waals surface area contributed by atoms with Crippen LogP contribution in [0.5, 0.6) is 5.75 Å². The van der Waals surface area contributed by atoms with Crippen molar-refractivity contribution < 1.29 is 18.7 Å². The number of rotatable bonds is 5. The van der Waals surface area contributed by atoms with Crippen molar-refractivity contribution in [2.75, 3.05) is 19.7 Å². The van der Waals surface area contributed by atoms with Crippen molar-refractivity contribution in [2.24, 2.45) is 0 Å². The van der Waals surface area contributed by atoms with E-state index >= 15 is 0 Å². The molecule has 1 rings (SSSR count). The Balaban J connectivity index is 2.54. The van der Waals surface area contributed by atoms with Crippen LogP contribution >= 0.6 is 11.8 Å². The highest BCUT2D eigenvalue weighted by atomic mass is 32.2. The third-order valence-corrected chi connectivity index (χ3v) is 2.85. The van der Waals surface area contributed by atoms with E-state index in [-0.39, 0.29) is 11.9 Å². The van der Waals surface area contributed by atoms with Crippen molar-refractivity contribution in [2.45, 2.75) is 13.3 Å². The Morgan fingerprint density at radius 2 is 2.26 bits per heavy atom. The third kappa shape index (κ3) is 6.27. The molecule has 0 fully saturated rings. The molecule has 0 radical (unpaired) electrons. The Bertz CT molecular complexity index is 491. The maximum atomic E-state index is 13.6. The molecular formula is C14H15FO3S. The van der Waals surface area contributed by atoms with Crippen LogP contribution in [0.4, 0.5) is 4.39 Å². The van der Waals surface area contributed by atoms with Crippen LogP contribution in [-0.2, 0) is 9.53 Å². The molecule has 0 atom stereocenters. The van der Waals surface area contributed by atoms with Crippen LogP contribution in [0.1, 0.15) is 18.9 Å². The number of halogens is 1. The van der Waals surface area contributed by atoms with Gasteiger partial charge in [0.1, 0.15) is 11.6 Å². The molecule has 5 heteroatoms. The molecule has 19 heavy (non-hydrogen) atoms. The Labute approximate surface area is 116 Å². The monoisotopic (exact) mass is 282 g/mol. The van der Waals surface area contributed by atoms with Gasteiger partial charge in [-0.3, -0.25) is 4.79 Å². The summed E-state index contributed by atoms with van der Waals surface area (Å²) in [5.41, 5.74) is 0.317. The smallest absolute Gasteiger partial charge is 0.188 e. The fourth-order valence-corrected chi connectivity index (χ4v) is 1.71. The number of carbonyl (C=O) groups excluding carboxylic acids is 1. The minimum Gasteiger partial charge on any atom is -0.467 e. The van der Waals surface area contributed by atoms with E-state index in [1.54, 1.807) is 12.1 Å². The molecule has 0 bridgehead atoms. The van der Waals surface area contributed by atoms with Gasteiger partial charge in [0, 0.05) is 32.3 Å². The standard InChI is InChI=1S/C14H15FO3S/c1-11(16)19-8-4-3-5-12-6-7-13(9-14(12)15)18-10-17-2/h6-7,9H,4,8,10H2,1-2H3. The topological polar surface area (TPSA) is 35.5 Å². The molecular weight excluding hydrogens is 267 g/mol. The highest BCUT2D eigenvalue weighted by molar-refractivity contribution is 8.13. The van der Waals surface area contributed by atoms with Gasteiger partial charge in [-0.25, -0.2) is 4.39 Å². The number of ether oxygens (including phenoxy) is 2. The number of methoxy groups -OCH3 is 1. The van der Waals surface area contributed by atoms with E-state index < -0.39 is 5.82 Å². The Hall–Kier alpha value is -1.51. The van der Waals surface area contributed by atoms with E-state index in [2.05, 4.69) is 11.8 Å². The van der Waals surface area contributed by atoms with Gasteiger partial charge in [-0.1, -0.05) is 23.6 Å². The first kappa shape index (κ1) is 15.5. The summed E-state index contributed by atoms with van der Waals surface area (Å²) in [6.07, 6.45) is 0.547. The van der Waals surface area contributed by atoms with Crippen molar-refractivity contribution >= 4 is 16.9 Å². The van der Waals surface area contributed by atoms with Crippen LogP contribution in [0.25, 0.3) is 0 Å². The second-order valence-electron chi connectivity index (χ2n) is 3.58. The van der Waals surface area contributed by atoms with Gasteiger partial charge in [0.25, 0.3) is 0 Å². The van der Waals surface area contributed by atoms with E-state index in [9.17, 15) is 9.18 Å². The largest absolute Gasteiger partial charge is 0.467 e. The molecule has 0 saturated carbocycles. The van der Waals surface area contributed by atoms with Crippen LogP contribution in [-0.4, -0.2) is 24.8 Å². The molecule has 0 aliphatic carbocycles. The molecule has 0 saturated heterocycles. The Kier molecular flexibility index (Phi) is 7.01. The second kappa shape index (κ2) is 8.57. The van der Waals surface area contributed by atoms with Crippen LogP contribution in [0.3, 0.4) is 0 Å². The average molecular weight is 282 g/mol. The highest BCUT2D eigenvalue weighted by Crippen LogP contribution is 2.16. The average Bonchev–Trinajstić information content (AvgIpc) is 2.37. The predicted octanol–water partition coefficient (Wildman–Crippen LogP) is 2.83. The number of thioether (sulfide) groups is 1. The third-order valence-electron chi connectivity index (χ3n) is 2.04. The van der Waals surface area contributed by atoms with Crippen LogP contribution in [0, 0.1) is 17.7 Å². The minimum atomic E-state index is -0.430. The minimum absolute atomic E-state index is 0.0626. The van der Waals surface area contributed by atoms with E-state index in [0.717, 1.165) is 0 Å². The number of carbonyl (C=O) groups is 1. The van der Waals surface area contributed by atoms with Gasteiger partial charge in [0.05, 0.1) is 5.56 Å². The van der Waals surface area contributed by atoms with Crippen molar-refractivity contribution in [1.82, 2.24) is 0 Å². The molecule has 1 aromatic rings. The van der Waals surface area contributed by atoms with E-state index in [1.165, 1.54) is 31.9 Å². The summed E-state index contributed by atoms with van der Waals surface area (Å²) in [5.74, 6) is 6.16. The molecule has 0 aromatic heterocycles. The molecule has 0 N–H and O–H groups in total. The van der Waals surface area contributed by atoms with E-state index in [4.69, 9.17) is 9.47 Å². The van der Waals surface area contributed by atoms with E-state index in [0.29, 0.717) is 23.5 Å². The maximum Gasteiger partial charge on any atom is 0.188 e. The second-order valence-corrected chi connectivity index (χ2v) is 4.86. The lowest BCUT2D eigenvalue weighted by molar-refractivity contribution is -0.109. The SMILES string of the molecule is COCOc1ccc(C#CCCSC(C)=O)c(F)c1. The van der Waals surface area contributed by atoms with Crippen molar-refractivity contribution in [1.29, 1.82) is 0 Å². The number of hydrogen-bond donors (Lipinski definition) is 0. The number of benzene rings is 1. The first-order valence-corrected chi connectivity index (χ1v) is 6.65. The molecule has 0 aliphatic rings. The first-order chi connectivity index (χ1) is 9.13. The molecule has 0 amide bonds. The van der Waals surface area contributed by atoms with Crippen molar-refractivity contribution in [3.05, 3.63) is 29.6 Å². The normalized spacial score (nSPS) is 9.63. The lowest BCUT2D eigenvalue weighted by Gasteiger charge is -2.04. The quantitative estimate of drug-likeness (QED) is 0.472. The zero-order valence-corrected chi connectivity index (χ0v) is 11.7. The summed E-state index contributed by atoms with van der Waals surface area (Å²) in [5, 5.41) is 0.0626. The van der Waals surface area contributed by atoms with Gasteiger partial charge in [0.2, 0.25) is 0 Å². The summed E-state index contributed by atoms with van der Waals surface area (Å²) >= 11 is 1.21. The predicted molar refractivity (Wildman–Crippen MR) is 73.5 cm³/mol. The zero-order valence-electron chi connectivity index (χ0n) is 10.9. The van der Waals surface area contributed by atoms with Gasteiger partial charge in [-0.2, -0.15) is 0 Å². The van der Waals surface area contributed by atoms with Crippen molar-refractivity contribution in [3.63, 3.8) is 0 Å². The lowest BCUT2D eigenvalue weighted by atomic mass is 10.2. The van der Waals surface area contributed by atoms with Gasteiger partial charge in [-0.05, 0) is 12.1 Å². The summed E-state index contributed by atoms with van der Waals surface area (Å²) in [6, 6.07) is 4.47. The van der Waals surface area contributed by atoms with Crippen LogP contribution in [0.2, 0.25) is 0 Å². The molecule has 3 nitrogen and oxygen atoms in total. The molecule has 0 heterocycles. The van der Waals surface area contributed by atoms with Gasteiger partial charge in [0.15, 0.2) is 11.9 Å². The van der Waals surface area contributed by atoms with E-state index in [1.807, 2.05) is 0 Å². The Morgan fingerprint density at radius 1 is 1.47 bits per heavy atom. The summed E-state index contributed by atoms with van der Waals surface area (Å²) < 4.78 is 23.5. The summed E-state index contributed by atoms with van der Waals surface area (Å²) in [7, 11) is 1.50. The van der Waals surface area contributed by atoms with Crippen LogP contribution < -0.4 is 4.74 Å².